The lowest BCUT2D eigenvalue weighted by Gasteiger charge is -2.22. The molecule has 1 aromatic rings. The number of nitrogens with two attached hydrogens (primary N) is 1. The summed E-state index contributed by atoms with van der Waals surface area (Å²) in [4.78, 5) is 4.07. The number of nitrogens with zero attached hydrogens (tertiary/aromatic N) is 1. The molecule has 1 aliphatic rings. The molecule has 0 fully saturated rings. The SMILES string of the molecule is CC1(Cc2ccc(Br)cc2)CN=C(N)O1. The molecule has 15 heavy (non-hydrogen) atoms. The zero-order valence-corrected chi connectivity index (χ0v) is 10.1. The van der Waals surface area contributed by atoms with Crippen LogP contribution in [0.3, 0.4) is 0 Å². The molecular formula is C11H13BrN2O. The molecule has 80 valence electrons. The molecule has 1 aromatic carbocycles. The van der Waals surface area contributed by atoms with Gasteiger partial charge in [0.05, 0.1) is 6.54 Å². The van der Waals surface area contributed by atoms with Gasteiger partial charge in [-0.1, -0.05) is 28.1 Å². The molecule has 2 N–H and O–H groups in total. The Morgan fingerprint density at radius 2 is 2.13 bits per heavy atom. The van der Waals surface area contributed by atoms with Crippen molar-refractivity contribution in [3.05, 3.63) is 34.3 Å². The quantitative estimate of drug-likeness (QED) is 0.893. The maximum absolute atomic E-state index is 5.51. The highest BCUT2D eigenvalue weighted by Crippen LogP contribution is 2.23. The van der Waals surface area contributed by atoms with E-state index in [4.69, 9.17) is 10.5 Å². The highest BCUT2D eigenvalue weighted by atomic mass is 79.9. The Morgan fingerprint density at radius 1 is 1.47 bits per heavy atom. The summed E-state index contributed by atoms with van der Waals surface area (Å²) in [5, 5.41) is 0. The van der Waals surface area contributed by atoms with Crippen LogP contribution in [0.4, 0.5) is 0 Å². The second kappa shape index (κ2) is 3.85. The van der Waals surface area contributed by atoms with Crippen molar-refractivity contribution in [1.82, 2.24) is 0 Å². The summed E-state index contributed by atoms with van der Waals surface area (Å²) in [7, 11) is 0. The number of ether oxygens (including phenoxy) is 1. The Balaban J connectivity index is 2.06. The Morgan fingerprint density at radius 3 is 2.67 bits per heavy atom. The van der Waals surface area contributed by atoms with E-state index >= 15 is 0 Å². The molecule has 1 atom stereocenters. The molecular weight excluding hydrogens is 256 g/mol. The molecule has 0 saturated heterocycles. The first-order valence-electron chi connectivity index (χ1n) is 4.81. The lowest BCUT2D eigenvalue weighted by atomic mass is 9.97. The van der Waals surface area contributed by atoms with Crippen LogP contribution >= 0.6 is 15.9 Å². The fourth-order valence-corrected chi connectivity index (χ4v) is 1.95. The van der Waals surface area contributed by atoms with Gasteiger partial charge >= 0.3 is 0 Å². The Labute approximate surface area is 97.5 Å². The molecule has 3 nitrogen and oxygen atoms in total. The summed E-state index contributed by atoms with van der Waals surface area (Å²) in [6, 6.07) is 8.51. The van der Waals surface area contributed by atoms with Crippen molar-refractivity contribution in [1.29, 1.82) is 0 Å². The first-order chi connectivity index (χ1) is 7.07. The summed E-state index contributed by atoms with van der Waals surface area (Å²) in [5.74, 6) is 0. The summed E-state index contributed by atoms with van der Waals surface area (Å²) in [6.45, 7) is 2.66. The van der Waals surface area contributed by atoms with Crippen LogP contribution in [0.5, 0.6) is 0 Å². The van der Waals surface area contributed by atoms with E-state index in [1.54, 1.807) is 0 Å². The van der Waals surface area contributed by atoms with Gasteiger partial charge in [0.2, 0.25) is 0 Å². The van der Waals surface area contributed by atoms with Crippen LogP contribution in [-0.2, 0) is 11.2 Å². The van der Waals surface area contributed by atoms with Crippen LogP contribution in [0.15, 0.2) is 33.7 Å². The van der Waals surface area contributed by atoms with Gasteiger partial charge in [-0.3, -0.25) is 0 Å². The first-order valence-corrected chi connectivity index (χ1v) is 5.60. The standard InChI is InChI=1S/C11H13BrN2O/c1-11(7-14-10(13)15-11)6-8-2-4-9(12)5-3-8/h2-5H,6-7H2,1H3,(H2,13,14). The summed E-state index contributed by atoms with van der Waals surface area (Å²) >= 11 is 3.41. The monoisotopic (exact) mass is 268 g/mol. The molecule has 0 saturated carbocycles. The van der Waals surface area contributed by atoms with Gasteiger partial charge in [-0.2, -0.15) is 0 Å². The molecule has 4 heteroatoms. The molecule has 1 unspecified atom stereocenters. The van der Waals surface area contributed by atoms with E-state index in [9.17, 15) is 0 Å². The highest BCUT2D eigenvalue weighted by molar-refractivity contribution is 9.10. The largest absolute Gasteiger partial charge is 0.457 e. The van der Waals surface area contributed by atoms with Crippen LogP contribution in [-0.4, -0.2) is 18.2 Å². The normalized spacial score (nSPS) is 24.8. The summed E-state index contributed by atoms with van der Waals surface area (Å²) < 4.78 is 6.58. The Hall–Kier alpha value is -1.03. The van der Waals surface area contributed by atoms with E-state index in [1.165, 1.54) is 5.56 Å². The third kappa shape index (κ3) is 2.50. The molecule has 0 aliphatic carbocycles. The first kappa shape index (κ1) is 10.5. The summed E-state index contributed by atoms with van der Waals surface area (Å²) in [6.07, 6.45) is 0.824. The van der Waals surface area contributed by atoms with E-state index in [1.807, 2.05) is 19.1 Å². The molecule has 0 amide bonds. The Kier molecular flexibility index (Phi) is 2.69. The highest BCUT2D eigenvalue weighted by Gasteiger charge is 2.32. The van der Waals surface area contributed by atoms with Crippen molar-refractivity contribution in [2.45, 2.75) is 18.9 Å². The topological polar surface area (TPSA) is 47.6 Å². The third-order valence-electron chi connectivity index (χ3n) is 2.41. The van der Waals surface area contributed by atoms with Gasteiger partial charge in [-0.15, -0.1) is 0 Å². The van der Waals surface area contributed by atoms with Crippen molar-refractivity contribution in [3.8, 4) is 0 Å². The molecule has 0 radical (unpaired) electrons. The number of rotatable bonds is 2. The number of hydrogen-bond donors (Lipinski definition) is 1. The zero-order chi connectivity index (χ0) is 10.9. The number of benzene rings is 1. The van der Waals surface area contributed by atoms with Crippen molar-refractivity contribution in [2.75, 3.05) is 6.54 Å². The van der Waals surface area contributed by atoms with Gasteiger partial charge < -0.3 is 10.5 Å². The van der Waals surface area contributed by atoms with Gasteiger partial charge in [0, 0.05) is 10.9 Å². The van der Waals surface area contributed by atoms with E-state index in [0.717, 1.165) is 10.9 Å². The fourth-order valence-electron chi connectivity index (χ4n) is 1.69. The van der Waals surface area contributed by atoms with E-state index in [2.05, 4.69) is 33.1 Å². The van der Waals surface area contributed by atoms with Crippen molar-refractivity contribution in [2.24, 2.45) is 10.7 Å². The van der Waals surface area contributed by atoms with Gasteiger partial charge in [-0.25, -0.2) is 4.99 Å². The zero-order valence-electron chi connectivity index (χ0n) is 8.53. The van der Waals surface area contributed by atoms with Crippen molar-refractivity contribution in [3.63, 3.8) is 0 Å². The van der Waals surface area contributed by atoms with E-state index in [-0.39, 0.29) is 5.60 Å². The second-order valence-electron chi connectivity index (χ2n) is 4.01. The molecule has 0 aromatic heterocycles. The smallest absolute Gasteiger partial charge is 0.282 e. The minimum Gasteiger partial charge on any atom is -0.457 e. The van der Waals surface area contributed by atoms with Gasteiger partial charge in [0.1, 0.15) is 5.60 Å². The number of amidine groups is 1. The molecule has 2 rings (SSSR count). The molecule has 1 heterocycles. The van der Waals surface area contributed by atoms with Crippen LogP contribution < -0.4 is 5.73 Å². The van der Waals surface area contributed by atoms with Crippen LogP contribution in [0, 0.1) is 0 Å². The number of aliphatic imine (C=N–C) groups is 1. The van der Waals surface area contributed by atoms with Gasteiger partial charge in [-0.05, 0) is 24.6 Å². The summed E-state index contributed by atoms with van der Waals surface area (Å²) in [5.41, 5.74) is 6.46. The van der Waals surface area contributed by atoms with Crippen LogP contribution in [0.2, 0.25) is 0 Å². The maximum atomic E-state index is 5.51. The number of halogens is 1. The van der Waals surface area contributed by atoms with Crippen molar-refractivity contribution >= 4 is 22.0 Å². The molecule has 0 bridgehead atoms. The minimum absolute atomic E-state index is 0.280. The predicted molar refractivity (Wildman–Crippen MR) is 63.8 cm³/mol. The second-order valence-corrected chi connectivity index (χ2v) is 4.93. The lowest BCUT2D eigenvalue weighted by molar-refractivity contribution is 0.107. The predicted octanol–water partition coefficient (Wildman–Crippen LogP) is 2.10. The maximum Gasteiger partial charge on any atom is 0.282 e. The average molecular weight is 269 g/mol. The fraction of sp³-hybridized carbons (Fsp3) is 0.364. The van der Waals surface area contributed by atoms with Gasteiger partial charge in [0.25, 0.3) is 6.02 Å². The van der Waals surface area contributed by atoms with Gasteiger partial charge in [0.15, 0.2) is 0 Å². The lowest BCUT2D eigenvalue weighted by Crippen LogP contribution is -2.33. The van der Waals surface area contributed by atoms with Crippen molar-refractivity contribution < 1.29 is 4.74 Å². The van der Waals surface area contributed by atoms with E-state index < -0.39 is 0 Å². The molecule has 0 spiro atoms. The van der Waals surface area contributed by atoms with E-state index in [0.29, 0.717) is 12.6 Å². The van der Waals surface area contributed by atoms with Crippen LogP contribution in [0.1, 0.15) is 12.5 Å². The minimum atomic E-state index is -0.280. The number of hydrogen-bond acceptors (Lipinski definition) is 3. The third-order valence-corrected chi connectivity index (χ3v) is 2.94. The molecule has 1 aliphatic heterocycles. The average Bonchev–Trinajstić information content (AvgIpc) is 2.50. The van der Waals surface area contributed by atoms with Crippen LogP contribution in [0.25, 0.3) is 0 Å². The Bertz CT molecular complexity index is 388.